The van der Waals surface area contributed by atoms with Crippen molar-refractivity contribution in [2.45, 2.75) is 6.92 Å². The van der Waals surface area contributed by atoms with Crippen molar-refractivity contribution in [3.05, 3.63) is 52.9 Å². The van der Waals surface area contributed by atoms with Crippen molar-refractivity contribution in [2.75, 3.05) is 29.0 Å². The second-order valence-corrected chi connectivity index (χ2v) is 8.76. The smallest absolute Gasteiger partial charge is 0.328 e. The van der Waals surface area contributed by atoms with Crippen molar-refractivity contribution >= 4 is 38.3 Å². The Balaban J connectivity index is 1.82. The van der Waals surface area contributed by atoms with Crippen LogP contribution in [0.4, 0.5) is 11.4 Å². The van der Waals surface area contributed by atoms with Crippen LogP contribution in [0.3, 0.4) is 0 Å². The molecule has 0 aliphatic heterocycles. The average molecular weight is 433 g/mol. The van der Waals surface area contributed by atoms with Crippen molar-refractivity contribution in [1.29, 1.82) is 0 Å². The highest BCUT2D eigenvalue weighted by atomic mass is 32.2. The van der Waals surface area contributed by atoms with E-state index < -0.39 is 22.5 Å². The fraction of sp³-hybridized carbons (Fsp3) is 0.300. The van der Waals surface area contributed by atoms with E-state index in [1.165, 1.54) is 9.13 Å². The van der Waals surface area contributed by atoms with Crippen LogP contribution >= 0.6 is 0 Å². The average Bonchev–Trinajstić information content (AvgIpc) is 2.90. The van der Waals surface area contributed by atoms with E-state index in [0.29, 0.717) is 29.2 Å². The molecule has 10 heteroatoms. The van der Waals surface area contributed by atoms with E-state index in [1.54, 1.807) is 56.6 Å². The molecule has 0 unspecified atom stereocenters. The molecule has 9 nitrogen and oxygen atoms in total. The monoisotopic (exact) mass is 432 g/mol. The zero-order valence-electron chi connectivity index (χ0n) is 17.2. The highest BCUT2D eigenvalue weighted by molar-refractivity contribution is 7.92. The Bertz CT molecular complexity index is 1240. The molecule has 0 atom stereocenters. The summed E-state index contributed by atoms with van der Waals surface area (Å²) in [6, 6.07) is 11.6. The van der Waals surface area contributed by atoms with E-state index in [1.807, 2.05) is 6.92 Å². The summed E-state index contributed by atoms with van der Waals surface area (Å²) in [6.07, 6.45) is 1.04. The molecule has 3 aromatic rings. The van der Waals surface area contributed by atoms with E-state index in [-0.39, 0.29) is 5.69 Å². The molecule has 0 spiro atoms. The normalized spacial score (nSPS) is 11.5. The van der Waals surface area contributed by atoms with Crippen LogP contribution in [0.5, 0.6) is 5.75 Å². The molecule has 30 heavy (non-hydrogen) atoms. The molecule has 160 valence electrons. The number of hydrogen-bond donors (Lipinski definition) is 1. The molecule has 3 rings (SSSR count). The number of carbonyl (C=O) groups is 1. The molecule has 1 aromatic heterocycles. The summed E-state index contributed by atoms with van der Waals surface area (Å²) in [6.45, 7) is 1.96. The van der Waals surface area contributed by atoms with Gasteiger partial charge in [0.15, 0.2) is 0 Å². The first kappa shape index (κ1) is 21.4. The Labute approximate surface area is 174 Å². The van der Waals surface area contributed by atoms with Gasteiger partial charge in [-0.3, -0.25) is 18.2 Å². The summed E-state index contributed by atoms with van der Waals surface area (Å²) in [7, 11) is -0.374. The number of hydrogen-bond acceptors (Lipinski definition) is 5. The van der Waals surface area contributed by atoms with Gasteiger partial charge in [-0.05, 0) is 49.4 Å². The molecule has 1 heterocycles. The fourth-order valence-electron chi connectivity index (χ4n) is 3.19. The molecule has 0 radical (unpaired) electrons. The van der Waals surface area contributed by atoms with Gasteiger partial charge in [0, 0.05) is 19.8 Å². The number of benzene rings is 2. The predicted molar refractivity (Wildman–Crippen MR) is 117 cm³/mol. The lowest BCUT2D eigenvalue weighted by atomic mass is 10.2. The number of aromatic nitrogens is 2. The zero-order chi connectivity index (χ0) is 22.1. The number of imidazole rings is 1. The third kappa shape index (κ3) is 4.33. The SMILES string of the molecule is CCOc1ccc(N(CC(=O)Nc2ccc3c(c2)n(C)c(=O)n3C)S(C)(=O)=O)cc1. The first-order chi connectivity index (χ1) is 14.1. The lowest BCUT2D eigenvalue weighted by Crippen LogP contribution is -2.37. The maximum atomic E-state index is 12.6. The van der Waals surface area contributed by atoms with Gasteiger partial charge in [-0.15, -0.1) is 0 Å². The second-order valence-electron chi connectivity index (χ2n) is 6.85. The van der Waals surface area contributed by atoms with Crippen molar-refractivity contribution in [3.63, 3.8) is 0 Å². The van der Waals surface area contributed by atoms with Crippen LogP contribution in [0.1, 0.15) is 6.92 Å². The molecule has 0 saturated carbocycles. The van der Waals surface area contributed by atoms with Crippen molar-refractivity contribution in [1.82, 2.24) is 9.13 Å². The summed E-state index contributed by atoms with van der Waals surface area (Å²) in [4.78, 5) is 24.6. The maximum absolute atomic E-state index is 12.6. The van der Waals surface area contributed by atoms with Gasteiger partial charge in [-0.2, -0.15) is 0 Å². The quantitative estimate of drug-likeness (QED) is 0.612. The summed E-state index contributed by atoms with van der Waals surface area (Å²) in [5.41, 5.74) is 2.04. The Morgan fingerprint density at radius 2 is 1.70 bits per heavy atom. The number of amides is 1. The summed E-state index contributed by atoms with van der Waals surface area (Å²) in [5, 5.41) is 2.70. The van der Waals surface area contributed by atoms with E-state index in [9.17, 15) is 18.0 Å². The predicted octanol–water partition coefficient (Wildman–Crippen LogP) is 1.68. The largest absolute Gasteiger partial charge is 0.494 e. The minimum absolute atomic E-state index is 0.174. The van der Waals surface area contributed by atoms with Crippen LogP contribution in [-0.4, -0.2) is 42.9 Å². The molecule has 0 fully saturated rings. The first-order valence-corrected chi connectivity index (χ1v) is 11.1. The number of aryl methyl sites for hydroxylation is 2. The minimum Gasteiger partial charge on any atom is -0.494 e. The number of anilines is 2. The number of nitrogens with one attached hydrogen (secondary N) is 1. The van der Waals surface area contributed by atoms with Crippen LogP contribution in [0.25, 0.3) is 11.0 Å². The molecule has 0 saturated heterocycles. The van der Waals surface area contributed by atoms with Crippen molar-refractivity contribution < 1.29 is 17.9 Å². The topological polar surface area (TPSA) is 103 Å². The standard InChI is InChI=1S/C20H24N4O5S/c1-5-29-16-9-7-15(8-10-16)24(30(4,27)28)13-19(25)21-14-6-11-17-18(12-14)23(3)20(26)22(17)2/h6-12H,5,13H2,1-4H3,(H,21,25). The lowest BCUT2D eigenvalue weighted by molar-refractivity contribution is -0.114. The second kappa shape index (κ2) is 8.23. The van der Waals surface area contributed by atoms with Gasteiger partial charge in [0.2, 0.25) is 15.9 Å². The number of carbonyl (C=O) groups excluding carboxylic acids is 1. The molecule has 0 aliphatic rings. The molecule has 1 amide bonds. The highest BCUT2D eigenvalue weighted by Gasteiger charge is 2.21. The molecular weight excluding hydrogens is 408 g/mol. The summed E-state index contributed by atoms with van der Waals surface area (Å²) in [5.74, 6) is 0.107. The van der Waals surface area contributed by atoms with Gasteiger partial charge < -0.3 is 10.1 Å². The fourth-order valence-corrected chi connectivity index (χ4v) is 4.05. The molecule has 2 aromatic carbocycles. The van der Waals surface area contributed by atoms with Gasteiger partial charge in [0.1, 0.15) is 12.3 Å². The number of nitrogens with zero attached hydrogens (tertiary/aromatic N) is 3. The van der Waals surface area contributed by atoms with Crippen LogP contribution in [0.2, 0.25) is 0 Å². The molecular formula is C20H24N4O5S. The van der Waals surface area contributed by atoms with Crippen LogP contribution in [0, 0.1) is 0 Å². The zero-order valence-corrected chi connectivity index (χ0v) is 18.1. The van der Waals surface area contributed by atoms with Crippen LogP contribution in [-0.2, 0) is 28.9 Å². The van der Waals surface area contributed by atoms with Crippen molar-refractivity contribution in [3.8, 4) is 5.75 Å². The number of rotatable bonds is 7. The Morgan fingerprint density at radius 1 is 1.07 bits per heavy atom. The van der Waals surface area contributed by atoms with Crippen molar-refractivity contribution in [2.24, 2.45) is 14.1 Å². The molecule has 0 bridgehead atoms. The third-order valence-corrected chi connectivity index (χ3v) is 5.82. The van der Waals surface area contributed by atoms with Gasteiger partial charge in [-0.1, -0.05) is 0 Å². The molecule has 0 aliphatic carbocycles. The van der Waals surface area contributed by atoms with Gasteiger partial charge >= 0.3 is 5.69 Å². The summed E-state index contributed by atoms with van der Waals surface area (Å²) < 4.78 is 33.9. The number of fused-ring (bicyclic) bond motifs is 1. The Kier molecular flexibility index (Phi) is 5.88. The van der Waals surface area contributed by atoms with E-state index in [2.05, 4.69) is 5.32 Å². The molecule has 1 N–H and O–H groups in total. The minimum atomic E-state index is -3.69. The van der Waals surface area contributed by atoms with E-state index in [4.69, 9.17) is 4.74 Å². The third-order valence-electron chi connectivity index (χ3n) is 4.68. The van der Waals surface area contributed by atoms with E-state index >= 15 is 0 Å². The Hall–Kier alpha value is -3.27. The lowest BCUT2D eigenvalue weighted by Gasteiger charge is -2.22. The van der Waals surface area contributed by atoms with Gasteiger partial charge in [0.05, 0.1) is 29.6 Å². The van der Waals surface area contributed by atoms with Gasteiger partial charge in [0.25, 0.3) is 0 Å². The highest BCUT2D eigenvalue weighted by Crippen LogP contribution is 2.22. The summed E-state index contributed by atoms with van der Waals surface area (Å²) >= 11 is 0. The maximum Gasteiger partial charge on any atom is 0.328 e. The van der Waals surface area contributed by atoms with E-state index in [0.717, 1.165) is 16.1 Å². The van der Waals surface area contributed by atoms with Crippen LogP contribution < -0.4 is 20.0 Å². The number of ether oxygens (including phenoxy) is 1. The van der Waals surface area contributed by atoms with Gasteiger partial charge in [-0.25, -0.2) is 13.2 Å². The Morgan fingerprint density at radius 3 is 2.30 bits per heavy atom. The number of sulfonamides is 1. The van der Waals surface area contributed by atoms with Crippen LogP contribution in [0.15, 0.2) is 47.3 Å². The first-order valence-electron chi connectivity index (χ1n) is 9.27.